The molecule has 0 bridgehead atoms. The first-order valence-corrected chi connectivity index (χ1v) is 9.53. The average Bonchev–Trinajstić information content (AvgIpc) is 3.07. The maximum Gasteiger partial charge on any atom is 0.404 e. The summed E-state index contributed by atoms with van der Waals surface area (Å²) in [5, 5.41) is 10.9. The van der Waals surface area contributed by atoms with Crippen molar-refractivity contribution in [1.29, 1.82) is 0 Å². The highest BCUT2D eigenvalue weighted by atomic mass is 16.5. The van der Waals surface area contributed by atoms with Gasteiger partial charge in [-0.2, -0.15) is 0 Å². The van der Waals surface area contributed by atoms with Crippen LogP contribution < -0.4 is 10.1 Å². The van der Waals surface area contributed by atoms with Gasteiger partial charge >= 0.3 is 6.09 Å². The molecule has 2 N–H and O–H groups in total. The molecule has 1 fully saturated rings. The van der Waals surface area contributed by atoms with Crippen molar-refractivity contribution >= 4 is 17.8 Å². The van der Waals surface area contributed by atoms with E-state index >= 15 is 0 Å². The first kappa shape index (κ1) is 20.4. The van der Waals surface area contributed by atoms with Gasteiger partial charge in [0.2, 0.25) is 5.91 Å². The van der Waals surface area contributed by atoms with E-state index in [1.165, 1.54) is 4.90 Å². The number of ketones is 1. The Balaban J connectivity index is 1.66. The van der Waals surface area contributed by atoms with Gasteiger partial charge in [-0.3, -0.25) is 9.59 Å². The highest BCUT2D eigenvalue weighted by Crippen LogP contribution is 2.25. The first-order valence-electron chi connectivity index (χ1n) is 9.53. The molecule has 2 aromatic rings. The fourth-order valence-electron chi connectivity index (χ4n) is 3.49. The molecule has 2 amide bonds. The molecule has 1 aliphatic heterocycles. The highest BCUT2D eigenvalue weighted by molar-refractivity contribution is 6.04. The average molecular weight is 396 g/mol. The molecular formula is C22H24N2O5. The van der Waals surface area contributed by atoms with Gasteiger partial charge in [-0.25, -0.2) is 4.79 Å². The van der Waals surface area contributed by atoms with Crippen molar-refractivity contribution in [3.8, 4) is 5.75 Å². The van der Waals surface area contributed by atoms with Crippen molar-refractivity contribution < 1.29 is 24.2 Å². The molecule has 1 atom stereocenters. The summed E-state index contributed by atoms with van der Waals surface area (Å²) >= 11 is 0. The second-order valence-electron chi connectivity index (χ2n) is 6.99. The molecule has 7 heteroatoms. The maximum atomic E-state index is 13.0. The van der Waals surface area contributed by atoms with Crippen molar-refractivity contribution in [2.24, 2.45) is 0 Å². The van der Waals surface area contributed by atoms with Crippen LogP contribution in [-0.2, 0) is 11.4 Å². The number of carboxylic acid groups (broad SMARTS) is 1. The van der Waals surface area contributed by atoms with E-state index in [0.717, 1.165) is 11.1 Å². The first-order chi connectivity index (χ1) is 14.0. The summed E-state index contributed by atoms with van der Waals surface area (Å²) in [4.78, 5) is 37.3. The van der Waals surface area contributed by atoms with E-state index in [1.54, 1.807) is 12.1 Å². The van der Waals surface area contributed by atoms with E-state index in [0.29, 0.717) is 30.8 Å². The van der Waals surface area contributed by atoms with Crippen molar-refractivity contribution in [3.05, 3.63) is 65.2 Å². The van der Waals surface area contributed by atoms with Gasteiger partial charge in [-0.05, 0) is 42.7 Å². The number of carbonyl (C=O) groups excluding carboxylic acids is 2. The highest BCUT2D eigenvalue weighted by Gasteiger charge is 2.36. The Morgan fingerprint density at radius 1 is 1.21 bits per heavy atom. The number of hydrogen-bond donors (Lipinski definition) is 2. The predicted octanol–water partition coefficient (Wildman–Crippen LogP) is 3.02. The predicted molar refractivity (Wildman–Crippen MR) is 107 cm³/mol. The zero-order chi connectivity index (χ0) is 20.8. The second kappa shape index (κ2) is 9.23. The van der Waals surface area contributed by atoms with Gasteiger partial charge in [0.1, 0.15) is 12.4 Å². The van der Waals surface area contributed by atoms with E-state index in [1.807, 2.05) is 43.3 Å². The lowest BCUT2D eigenvalue weighted by molar-refractivity contribution is -0.128. The molecule has 0 spiro atoms. The summed E-state index contributed by atoms with van der Waals surface area (Å²) < 4.78 is 5.81. The van der Waals surface area contributed by atoms with E-state index < -0.39 is 12.1 Å². The molecule has 29 heavy (non-hydrogen) atoms. The third kappa shape index (κ3) is 5.13. The molecule has 1 saturated heterocycles. The zero-order valence-electron chi connectivity index (χ0n) is 16.3. The number of nitrogens with zero attached hydrogens (tertiary/aromatic N) is 1. The fraction of sp³-hybridized carbons (Fsp3) is 0.318. The van der Waals surface area contributed by atoms with Gasteiger partial charge in [-0.1, -0.05) is 30.3 Å². The van der Waals surface area contributed by atoms with Crippen LogP contribution in [-0.4, -0.2) is 46.9 Å². The normalized spacial score (nSPS) is 16.0. The third-order valence-electron chi connectivity index (χ3n) is 4.97. The number of benzene rings is 2. The van der Waals surface area contributed by atoms with Crippen molar-refractivity contribution in [2.75, 3.05) is 13.1 Å². The van der Waals surface area contributed by atoms with Crippen LogP contribution in [0.3, 0.4) is 0 Å². The van der Waals surface area contributed by atoms with Gasteiger partial charge in [0.25, 0.3) is 0 Å². The molecule has 2 aromatic carbocycles. The largest absolute Gasteiger partial charge is 0.489 e. The summed E-state index contributed by atoms with van der Waals surface area (Å²) in [6.07, 6.45) is -0.418. The van der Waals surface area contributed by atoms with E-state index in [-0.39, 0.29) is 24.8 Å². The van der Waals surface area contributed by atoms with E-state index in [9.17, 15) is 14.4 Å². The van der Waals surface area contributed by atoms with E-state index in [4.69, 9.17) is 9.84 Å². The minimum absolute atomic E-state index is 0.0934. The molecule has 3 rings (SSSR count). The Bertz CT molecular complexity index is 897. The molecule has 1 aliphatic rings. The molecule has 152 valence electrons. The number of carbonyl (C=O) groups is 3. The number of ether oxygens (including phenoxy) is 1. The van der Waals surface area contributed by atoms with Crippen LogP contribution in [0.1, 0.15) is 34.3 Å². The van der Waals surface area contributed by atoms with Crippen LogP contribution in [0.2, 0.25) is 0 Å². The van der Waals surface area contributed by atoms with Gasteiger partial charge in [0.05, 0.1) is 6.04 Å². The smallest absolute Gasteiger partial charge is 0.404 e. The lowest BCUT2D eigenvalue weighted by Crippen LogP contribution is -2.43. The third-order valence-corrected chi connectivity index (χ3v) is 4.97. The lowest BCUT2D eigenvalue weighted by Gasteiger charge is -2.24. The molecule has 0 radical (unpaired) electrons. The van der Waals surface area contributed by atoms with Crippen LogP contribution in [0.4, 0.5) is 4.79 Å². The molecule has 7 nitrogen and oxygen atoms in total. The number of likely N-dealkylation sites (tertiary alicyclic amines) is 1. The number of rotatable bonds is 8. The summed E-state index contributed by atoms with van der Waals surface area (Å²) in [7, 11) is 0. The Kier molecular flexibility index (Phi) is 6.49. The summed E-state index contributed by atoms with van der Waals surface area (Å²) in [6, 6.07) is 14.6. The maximum absolute atomic E-state index is 13.0. The summed E-state index contributed by atoms with van der Waals surface area (Å²) in [5.41, 5.74) is 2.39. The standard InChI is InChI=1S/C22H24N2O5/c1-15-13-17(29-14-16-5-3-2-4-6-16)7-8-18(15)21(26)19-9-10-20(25)24(19)12-11-23-22(27)28/h2-8,13,19,23H,9-12,14H2,1H3,(H,27,28)/t19-/m0/s1. The zero-order valence-corrected chi connectivity index (χ0v) is 16.3. The molecule has 0 aromatic heterocycles. The minimum Gasteiger partial charge on any atom is -0.489 e. The van der Waals surface area contributed by atoms with E-state index in [2.05, 4.69) is 5.32 Å². The van der Waals surface area contributed by atoms with Crippen LogP contribution >= 0.6 is 0 Å². The Labute approximate surface area is 169 Å². The molecule has 0 unspecified atom stereocenters. The SMILES string of the molecule is Cc1cc(OCc2ccccc2)ccc1C(=O)[C@@H]1CCC(=O)N1CCNC(=O)O. The van der Waals surface area contributed by atoms with Gasteiger partial charge in [-0.15, -0.1) is 0 Å². The number of nitrogens with one attached hydrogen (secondary N) is 1. The quantitative estimate of drug-likeness (QED) is 0.669. The molecule has 0 saturated carbocycles. The minimum atomic E-state index is -1.15. The second-order valence-corrected chi connectivity index (χ2v) is 6.99. The number of Topliss-reactive ketones (excluding diaryl/α,β-unsaturated/α-hetero) is 1. The monoisotopic (exact) mass is 396 g/mol. The van der Waals surface area contributed by atoms with Crippen molar-refractivity contribution in [1.82, 2.24) is 10.2 Å². The molecule has 0 aliphatic carbocycles. The van der Waals surface area contributed by atoms with Gasteiger partial charge < -0.3 is 20.1 Å². The summed E-state index contributed by atoms with van der Waals surface area (Å²) in [5.74, 6) is 0.419. The van der Waals surface area contributed by atoms with Gasteiger partial charge in [0.15, 0.2) is 5.78 Å². The number of aryl methyl sites for hydroxylation is 1. The topological polar surface area (TPSA) is 95.9 Å². The van der Waals surface area contributed by atoms with Crippen LogP contribution in [0.15, 0.2) is 48.5 Å². The number of amides is 2. The Morgan fingerprint density at radius 2 is 1.97 bits per heavy atom. The molecular weight excluding hydrogens is 372 g/mol. The van der Waals surface area contributed by atoms with Crippen LogP contribution in [0, 0.1) is 6.92 Å². The van der Waals surface area contributed by atoms with Crippen molar-refractivity contribution in [2.45, 2.75) is 32.4 Å². The van der Waals surface area contributed by atoms with Crippen LogP contribution in [0.5, 0.6) is 5.75 Å². The summed E-state index contributed by atoms with van der Waals surface area (Å²) in [6.45, 7) is 2.56. The Hall–Kier alpha value is -3.35. The molecule has 1 heterocycles. The lowest BCUT2D eigenvalue weighted by atomic mass is 9.98. The van der Waals surface area contributed by atoms with Gasteiger partial charge in [0, 0.05) is 25.1 Å². The Morgan fingerprint density at radius 3 is 2.66 bits per heavy atom. The fourth-order valence-corrected chi connectivity index (χ4v) is 3.49. The van der Waals surface area contributed by atoms with Crippen LogP contribution in [0.25, 0.3) is 0 Å². The number of hydrogen-bond acceptors (Lipinski definition) is 4. The van der Waals surface area contributed by atoms with Crippen molar-refractivity contribution in [3.63, 3.8) is 0 Å².